The third-order valence-electron chi connectivity index (χ3n) is 8.79. The van der Waals surface area contributed by atoms with Gasteiger partial charge in [-0.25, -0.2) is 4.57 Å². The van der Waals surface area contributed by atoms with Crippen LogP contribution in [0.2, 0.25) is 0 Å². The van der Waals surface area contributed by atoms with Gasteiger partial charge in [-0.15, -0.1) is 0 Å². The number of phosphoric acid groups is 1. The molecule has 0 radical (unpaired) electrons. The van der Waals surface area contributed by atoms with E-state index in [4.69, 9.17) is 19.1 Å². The van der Waals surface area contributed by atoms with E-state index in [0.717, 1.165) is 44.9 Å². The van der Waals surface area contributed by atoms with Crippen molar-refractivity contribution in [2.45, 2.75) is 180 Å². The molecule has 0 saturated heterocycles. The van der Waals surface area contributed by atoms with Gasteiger partial charge in [-0.2, -0.15) is 0 Å². The maximum atomic E-state index is 12.6. The van der Waals surface area contributed by atoms with Gasteiger partial charge in [0.05, 0.1) is 25.9 Å². The molecular weight excluding hydrogens is 735 g/mol. The van der Waals surface area contributed by atoms with Crippen LogP contribution in [0.3, 0.4) is 0 Å². The third-order valence-corrected chi connectivity index (χ3v) is 9.74. The summed E-state index contributed by atoms with van der Waals surface area (Å²) >= 11 is 0. The van der Waals surface area contributed by atoms with Crippen molar-refractivity contribution in [3.63, 3.8) is 0 Å². The summed E-state index contributed by atoms with van der Waals surface area (Å²) in [6.07, 6.45) is 39.3. The molecule has 4 unspecified atom stereocenters. The average Bonchev–Trinajstić information content (AvgIpc) is 3.18. The van der Waals surface area contributed by atoms with Crippen LogP contribution in [0.15, 0.2) is 60.8 Å². The van der Waals surface area contributed by atoms with Gasteiger partial charge in [0.25, 0.3) is 0 Å². The molecule has 56 heavy (non-hydrogen) atoms. The van der Waals surface area contributed by atoms with Gasteiger partial charge in [0, 0.05) is 12.8 Å². The highest BCUT2D eigenvalue weighted by molar-refractivity contribution is 7.47. The number of aliphatic hydroxyl groups is 3. The number of hydrogen-bond donors (Lipinski definition) is 4. The molecule has 11 nitrogen and oxygen atoms in total. The predicted molar refractivity (Wildman–Crippen MR) is 225 cm³/mol. The van der Waals surface area contributed by atoms with Crippen LogP contribution in [0.25, 0.3) is 0 Å². The van der Waals surface area contributed by atoms with E-state index in [1.165, 1.54) is 70.6 Å². The Morgan fingerprint density at radius 1 is 0.607 bits per heavy atom. The van der Waals surface area contributed by atoms with Gasteiger partial charge in [0.2, 0.25) is 0 Å². The Labute approximate surface area is 338 Å². The minimum Gasteiger partial charge on any atom is -0.462 e. The summed E-state index contributed by atoms with van der Waals surface area (Å²) in [5.41, 5.74) is 0. The van der Waals surface area contributed by atoms with Crippen molar-refractivity contribution in [2.75, 3.05) is 26.4 Å². The number of allylic oxidation sites excluding steroid dienone is 9. The van der Waals surface area contributed by atoms with E-state index in [0.29, 0.717) is 19.3 Å². The quantitative estimate of drug-likeness (QED) is 0.0153. The van der Waals surface area contributed by atoms with Crippen molar-refractivity contribution >= 4 is 19.8 Å². The largest absolute Gasteiger partial charge is 0.472 e. The van der Waals surface area contributed by atoms with Crippen molar-refractivity contribution < 1.29 is 52.9 Å². The van der Waals surface area contributed by atoms with Crippen LogP contribution in [-0.4, -0.2) is 76.9 Å². The third kappa shape index (κ3) is 38.5. The Morgan fingerprint density at radius 3 is 1.66 bits per heavy atom. The number of hydrogen-bond acceptors (Lipinski definition) is 10. The summed E-state index contributed by atoms with van der Waals surface area (Å²) in [4.78, 5) is 35.0. The van der Waals surface area contributed by atoms with E-state index in [-0.39, 0.29) is 19.4 Å². The summed E-state index contributed by atoms with van der Waals surface area (Å²) in [6.45, 7) is 2.04. The van der Waals surface area contributed by atoms with Crippen LogP contribution in [0.5, 0.6) is 0 Å². The Morgan fingerprint density at radius 2 is 1.11 bits per heavy atom. The normalized spacial score (nSPS) is 15.0. The maximum Gasteiger partial charge on any atom is 0.472 e. The molecule has 4 N–H and O–H groups in total. The highest BCUT2D eigenvalue weighted by Gasteiger charge is 2.27. The van der Waals surface area contributed by atoms with Gasteiger partial charge in [-0.3, -0.25) is 18.6 Å². The first-order valence-electron chi connectivity index (χ1n) is 21.4. The molecule has 0 fully saturated rings. The molecule has 0 bridgehead atoms. The molecule has 0 amide bonds. The van der Waals surface area contributed by atoms with Crippen LogP contribution >= 0.6 is 7.82 Å². The van der Waals surface area contributed by atoms with Crippen molar-refractivity contribution in [3.8, 4) is 0 Å². The van der Waals surface area contributed by atoms with E-state index in [1.807, 2.05) is 12.2 Å². The Hall–Kier alpha value is -2.37. The highest BCUT2D eigenvalue weighted by atomic mass is 31.2. The lowest BCUT2D eigenvalue weighted by Gasteiger charge is -2.20. The number of rotatable bonds is 39. The number of unbranched alkanes of at least 4 members (excludes halogenated alkanes) is 14. The standard InChI is InChI=1S/C44H77O11P/c1-3-5-7-9-11-13-15-17-18-20-22-24-26-28-30-34-43(48)52-38-42(39-54-56(50,51)53-37-41(47)36-45)55-44(49)35-31-33-40(46)32-29-27-25-23-21-19-16-14-12-10-8-6-4-2/h6,8,12,14,19,21,25,27,29,32,40-42,45-47H,3-5,7,9-11,13,15-18,20,22-24,26,28,30-31,33-39H2,1-2H3,(H,50,51)/b8-6-,14-12-,21-19-,27-25-,32-29+. The molecule has 0 aromatic rings. The second kappa shape index (κ2) is 39.5. The van der Waals surface area contributed by atoms with Gasteiger partial charge in [0.15, 0.2) is 6.10 Å². The number of esters is 2. The van der Waals surface area contributed by atoms with Crippen molar-refractivity contribution in [2.24, 2.45) is 0 Å². The van der Waals surface area contributed by atoms with Crippen molar-refractivity contribution in [1.29, 1.82) is 0 Å². The number of carbonyl (C=O) groups is 2. The van der Waals surface area contributed by atoms with E-state index in [9.17, 15) is 29.3 Å². The Balaban J connectivity index is 4.51. The second-order valence-electron chi connectivity index (χ2n) is 14.2. The maximum absolute atomic E-state index is 12.6. The van der Waals surface area contributed by atoms with Crippen LogP contribution in [0.1, 0.15) is 162 Å². The predicted octanol–water partition coefficient (Wildman–Crippen LogP) is 10.1. The first kappa shape index (κ1) is 53.6. The molecule has 324 valence electrons. The SMILES string of the molecule is CC/C=C\C/C=C\C/C=C\C/C=C\C=C\C(O)CCCC(=O)OC(COC(=O)CCCCCCCCCCCCCCCCC)COP(=O)(O)OCC(O)CO. The van der Waals surface area contributed by atoms with Crippen LogP contribution < -0.4 is 0 Å². The minimum absolute atomic E-state index is 0.0472. The fourth-order valence-electron chi connectivity index (χ4n) is 5.49. The van der Waals surface area contributed by atoms with Gasteiger partial charge in [0.1, 0.15) is 12.7 Å². The first-order chi connectivity index (χ1) is 27.1. The first-order valence-corrected chi connectivity index (χ1v) is 22.8. The van der Waals surface area contributed by atoms with Crippen LogP contribution in [-0.2, 0) is 32.7 Å². The van der Waals surface area contributed by atoms with Crippen molar-refractivity contribution in [3.05, 3.63) is 60.8 Å². The topological polar surface area (TPSA) is 169 Å². The number of ether oxygens (including phenoxy) is 2. The van der Waals surface area contributed by atoms with Gasteiger partial charge in [-0.05, 0) is 44.9 Å². The monoisotopic (exact) mass is 813 g/mol. The van der Waals surface area contributed by atoms with Crippen LogP contribution in [0, 0.1) is 0 Å². The molecular formula is C44H77O11P. The Bertz CT molecular complexity index is 1130. The van der Waals surface area contributed by atoms with E-state index in [2.05, 4.69) is 54.8 Å². The number of carbonyl (C=O) groups excluding carboxylic acids is 2. The summed E-state index contributed by atoms with van der Waals surface area (Å²) in [5, 5.41) is 28.6. The Kier molecular flexibility index (Phi) is 37.8. The van der Waals surface area contributed by atoms with E-state index < -0.39 is 57.9 Å². The zero-order valence-corrected chi connectivity index (χ0v) is 35.6. The molecule has 0 aliphatic rings. The van der Waals surface area contributed by atoms with E-state index >= 15 is 0 Å². The highest BCUT2D eigenvalue weighted by Crippen LogP contribution is 2.43. The molecule has 0 aliphatic carbocycles. The summed E-state index contributed by atoms with van der Waals surface area (Å²) in [7, 11) is -4.67. The zero-order valence-electron chi connectivity index (χ0n) is 34.7. The molecule has 0 aromatic carbocycles. The summed E-state index contributed by atoms with van der Waals surface area (Å²) in [5.74, 6) is -1.13. The molecule has 0 rings (SSSR count). The second-order valence-corrected chi connectivity index (χ2v) is 15.6. The number of phosphoric ester groups is 1. The molecule has 4 atom stereocenters. The molecule has 12 heteroatoms. The molecule has 0 aromatic heterocycles. The molecule has 0 heterocycles. The lowest BCUT2D eigenvalue weighted by molar-refractivity contribution is -0.161. The number of aliphatic hydroxyl groups excluding tert-OH is 3. The lowest BCUT2D eigenvalue weighted by atomic mass is 10.0. The van der Waals surface area contributed by atoms with Crippen LogP contribution in [0.4, 0.5) is 0 Å². The summed E-state index contributed by atoms with van der Waals surface area (Å²) < 4.78 is 32.5. The average molecular weight is 813 g/mol. The fourth-order valence-corrected chi connectivity index (χ4v) is 6.28. The smallest absolute Gasteiger partial charge is 0.462 e. The van der Waals surface area contributed by atoms with Gasteiger partial charge in [-0.1, -0.05) is 164 Å². The van der Waals surface area contributed by atoms with Gasteiger partial charge < -0.3 is 29.7 Å². The molecule has 0 aliphatic heterocycles. The molecule has 0 saturated carbocycles. The molecule has 0 spiro atoms. The fraction of sp³-hybridized carbons (Fsp3) is 0.727. The lowest BCUT2D eigenvalue weighted by Crippen LogP contribution is -2.30. The minimum atomic E-state index is -4.67. The van der Waals surface area contributed by atoms with Gasteiger partial charge >= 0.3 is 19.8 Å². The van der Waals surface area contributed by atoms with Crippen molar-refractivity contribution in [1.82, 2.24) is 0 Å². The zero-order chi connectivity index (χ0) is 41.4. The summed E-state index contributed by atoms with van der Waals surface area (Å²) in [6, 6.07) is 0. The van der Waals surface area contributed by atoms with E-state index in [1.54, 1.807) is 12.2 Å².